The number of aliphatic imine (C=N–C) groups is 1. The Hall–Kier alpha value is -3.73. The van der Waals surface area contributed by atoms with Crippen molar-refractivity contribution < 1.29 is 14.7 Å². The topological polar surface area (TPSA) is 78.8 Å². The molecule has 1 aliphatic heterocycles. The number of carbonyl (C=O) groups excluding carboxylic acids is 1. The van der Waals surface area contributed by atoms with Crippen LogP contribution < -0.4 is 5.32 Å². The van der Waals surface area contributed by atoms with Crippen molar-refractivity contribution >= 4 is 29.0 Å². The van der Waals surface area contributed by atoms with E-state index in [-0.39, 0.29) is 12.3 Å². The van der Waals surface area contributed by atoms with Crippen LogP contribution in [-0.4, -0.2) is 22.7 Å². The Kier molecular flexibility index (Phi) is 4.72. The van der Waals surface area contributed by atoms with Crippen LogP contribution in [0.5, 0.6) is 0 Å². The van der Waals surface area contributed by atoms with E-state index < -0.39 is 11.9 Å². The second-order valence-electron chi connectivity index (χ2n) is 6.61. The Morgan fingerprint density at radius 1 is 0.929 bits per heavy atom. The number of carboxylic acids is 1. The van der Waals surface area contributed by atoms with Gasteiger partial charge in [0.1, 0.15) is 5.92 Å². The van der Waals surface area contributed by atoms with Gasteiger partial charge in [-0.25, -0.2) is 0 Å². The number of aliphatic carboxylic acids is 1. The number of anilines is 1. The second-order valence-corrected chi connectivity index (χ2v) is 6.61. The molecule has 1 heterocycles. The van der Waals surface area contributed by atoms with E-state index in [2.05, 4.69) is 5.32 Å². The van der Waals surface area contributed by atoms with Crippen molar-refractivity contribution in [2.45, 2.75) is 12.3 Å². The molecule has 5 nitrogen and oxygen atoms in total. The summed E-state index contributed by atoms with van der Waals surface area (Å²) in [6.07, 6.45) is -0.0338. The normalized spacial score (nSPS) is 15.8. The summed E-state index contributed by atoms with van der Waals surface area (Å²) >= 11 is 0. The van der Waals surface area contributed by atoms with Gasteiger partial charge in [-0.3, -0.25) is 14.6 Å². The number of rotatable bonds is 5. The van der Waals surface area contributed by atoms with Gasteiger partial charge in [-0.05, 0) is 34.9 Å². The van der Waals surface area contributed by atoms with E-state index in [1.54, 1.807) is 24.3 Å². The first kappa shape index (κ1) is 17.7. The monoisotopic (exact) mass is 370 g/mol. The van der Waals surface area contributed by atoms with Crippen LogP contribution in [0, 0.1) is 0 Å². The van der Waals surface area contributed by atoms with Crippen molar-refractivity contribution in [2.24, 2.45) is 4.99 Å². The quantitative estimate of drug-likeness (QED) is 0.662. The second kappa shape index (κ2) is 7.48. The maximum atomic E-state index is 12.8. The predicted octanol–water partition coefficient (Wildman–Crippen LogP) is 4.17. The van der Waals surface area contributed by atoms with E-state index in [0.717, 1.165) is 16.8 Å². The minimum absolute atomic E-state index is 0.0338. The molecule has 0 aliphatic carbocycles. The molecule has 1 aliphatic rings. The van der Waals surface area contributed by atoms with E-state index in [4.69, 9.17) is 10.1 Å². The van der Waals surface area contributed by atoms with Gasteiger partial charge in [0.15, 0.2) is 0 Å². The number of amides is 1. The number of para-hydroxylation sites is 1. The van der Waals surface area contributed by atoms with Crippen molar-refractivity contribution in [1.29, 1.82) is 0 Å². The molecule has 2 N–H and O–H groups in total. The number of carbonyl (C=O) groups is 2. The molecule has 1 unspecified atom stereocenters. The molecule has 3 aromatic rings. The molecule has 0 saturated heterocycles. The average Bonchev–Trinajstić information content (AvgIpc) is 3.03. The summed E-state index contributed by atoms with van der Waals surface area (Å²) in [7, 11) is 0. The summed E-state index contributed by atoms with van der Waals surface area (Å²) in [5, 5.41) is 11.9. The summed E-state index contributed by atoms with van der Waals surface area (Å²) in [6, 6.07) is 24.3. The van der Waals surface area contributed by atoms with Crippen LogP contribution in [0.3, 0.4) is 0 Å². The fraction of sp³-hybridized carbons (Fsp3) is 0.0870. The van der Waals surface area contributed by atoms with Gasteiger partial charge < -0.3 is 10.4 Å². The van der Waals surface area contributed by atoms with E-state index in [0.29, 0.717) is 17.0 Å². The van der Waals surface area contributed by atoms with E-state index >= 15 is 0 Å². The third kappa shape index (κ3) is 3.55. The van der Waals surface area contributed by atoms with Gasteiger partial charge in [-0.2, -0.15) is 0 Å². The molecule has 1 atom stereocenters. The van der Waals surface area contributed by atoms with Crippen LogP contribution in [-0.2, 0) is 16.0 Å². The van der Waals surface area contributed by atoms with Gasteiger partial charge in [0.25, 0.3) is 0 Å². The van der Waals surface area contributed by atoms with Gasteiger partial charge in [-0.1, -0.05) is 60.7 Å². The van der Waals surface area contributed by atoms with Crippen molar-refractivity contribution in [3.63, 3.8) is 0 Å². The molecule has 3 aromatic carbocycles. The molecule has 0 spiro atoms. The smallest absolute Gasteiger partial charge is 0.307 e. The molecule has 0 radical (unpaired) electrons. The summed E-state index contributed by atoms with van der Waals surface area (Å²) in [6.45, 7) is 0. The molecule has 28 heavy (non-hydrogen) atoms. The Morgan fingerprint density at radius 3 is 2.32 bits per heavy atom. The number of hydrogen-bond donors (Lipinski definition) is 2. The number of fused-ring (bicyclic) bond motifs is 1. The fourth-order valence-electron chi connectivity index (χ4n) is 3.39. The zero-order valence-electron chi connectivity index (χ0n) is 15.0. The van der Waals surface area contributed by atoms with Crippen molar-refractivity contribution in [1.82, 2.24) is 0 Å². The van der Waals surface area contributed by atoms with Gasteiger partial charge in [0, 0.05) is 5.69 Å². The predicted molar refractivity (Wildman–Crippen MR) is 108 cm³/mol. The van der Waals surface area contributed by atoms with Gasteiger partial charge in [0.05, 0.1) is 17.8 Å². The highest BCUT2D eigenvalue weighted by atomic mass is 16.4. The van der Waals surface area contributed by atoms with Crippen LogP contribution in [0.4, 0.5) is 11.4 Å². The molecule has 1 amide bonds. The van der Waals surface area contributed by atoms with Gasteiger partial charge in [0.2, 0.25) is 5.91 Å². The molecule has 0 bridgehead atoms. The maximum Gasteiger partial charge on any atom is 0.307 e. The minimum Gasteiger partial charge on any atom is -0.481 e. The molecule has 0 aromatic heterocycles. The first-order chi connectivity index (χ1) is 13.6. The average molecular weight is 370 g/mol. The van der Waals surface area contributed by atoms with Crippen LogP contribution >= 0.6 is 0 Å². The van der Waals surface area contributed by atoms with E-state index in [1.807, 2.05) is 54.6 Å². The molecule has 0 saturated carbocycles. The van der Waals surface area contributed by atoms with Gasteiger partial charge in [-0.15, -0.1) is 0 Å². The number of benzene rings is 3. The Morgan fingerprint density at radius 2 is 1.61 bits per heavy atom. The van der Waals surface area contributed by atoms with Crippen LogP contribution in [0.1, 0.15) is 22.6 Å². The lowest BCUT2D eigenvalue weighted by Crippen LogP contribution is -2.21. The first-order valence-electron chi connectivity index (χ1n) is 8.96. The lowest BCUT2D eigenvalue weighted by atomic mass is 9.90. The van der Waals surface area contributed by atoms with Gasteiger partial charge >= 0.3 is 5.97 Å². The van der Waals surface area contributed by atoms with Crippen LogP contribution in [0.2, 0.25) is 0 Å². The summed E-state index contributed by atoms with van der Waals surface area (Å²) in [5.41, 5.74) is 4.61. The van der Waals surface area contributed by atoms with Crippen LogP contribution in [0.25, 0.3) is 0 Å². The number of nitrogens with one attached hydrogen (secondary N) is 1. The zero-order valence-corrected chi connectivity index (χ0v) is 15.0. The highest BCUT2D eigenvalue weighted by Gasteiger charge is 2.35. The van der Waals surface area contributed by atoms with Crippen molar-refractivity contribution in [2.75, 3.05) is 5.32 Å². The largest absolute Gasteiger partial charge is 0.481 e. The third-order valence-electron chi connectivity index (χ3n) is 4.68. The third-order valence-corrected chi connectivity index (χ3v) is 4.68. The molecule has 5 heteroatoms. The Bertz CT molecular complexity index is 1060. The highest BCUT2D eigenvalue weighted by molar-refractivity contribution is 6.24. The van der Waals surface area contributed by atoms with E-state index in [1.165, 1.54) is 0 Å². The van der Waals surface area contributed by atoms with Crippen molar-refractivity contribution in [3.05, 3.63) is 95.6 Å². The highest BCUT2D eigenvalue weighted by Crippen LogP contribution is 2.36. The lowest BCUT2D eigenvalue weighted by Gasteiger charge is -2.14. The Balaban J connectivity index is 1.78. The Labute approximate surface area is 162 Å². The fourth-order valence-corrected chi connectivity index (χ4v) is 3.39. The molecular formula is C23H18N2O3. The minimum atomic E-state index is -0.875. The zero-order chi connectivity index (χ0) is 19.5. The summed E-state index contributed by atoms with van der Waals surface area (Å²) < 4.78 is 0. The first-order valence-corrected chi connectivity index (χ1v) is 8.96. The van der Waals surface area contributed by atoms with Crippen LogP contribution in [0.15, 0.2) is 83.9 Å². The molecule has 138 valence electrons. The number of nitrogens with zero attached hydrogens (tertiary/aromatic N) is 1. The van der Waals surface area contributed by atoms with E-state index in [9.17, 15) is 9.59 Å². The lowest BCUT2D eigenvalue weighted by molar-refractivity contribution is -0.136. The standard InChI is InChI=1S/C23H18N2O3/c26-20(27)14-15-10-12-17(13-11-15)24-22(16-6-2-1-3-7-16)21-18-8-4-5-9-19(18)25-23(21)28/h1-13,21H,14H2,(H,25,28)(H,26,27). The molecule has 4 rings (SSSR count). The molecular weight excluding hydrogens is 352 g/mol. The molecule has 0 fully saturated rings. The number of hydrogen-bond acceptors (Lipinski definition) is 3. The maximum absolute atomic E-state index is 12.8. The summed E-state index contributed by atoms with van der Waals surface area (Å²) in [4.78, 5) is 28.4. The SMILES string of the molecule is O=C(O)Cc1ccc(N=C(c2ccccc2)C2C(=O)Nc3ccccc32)cc1. The number of carboxylic acid groups (broad SMARTS) is 1. The van der Waals surface area contributed by atoms with Crippen molar-refractivity contribution in [3.8, 4) is 0 Å². The summed E-state index contributed by atoms with van der Waals surface area (Å²) in [5.74, 6) is -1.48.